The number of sulfonamides is 1. The Bertz CT molecular complexity index is 1170. The molecule has 10 heteroatoms. The highest BCUT2D eigenvalue weighted by molar-refractivity contribution is 7.92. The Hall–Kier alpha value is -2.65. The van der Waals surface area contributed by atoms with Gasteiger partial charge in [-0.1, -0.05) is 29.8 Å². The summed E-state index contributed by atoms with van der Waals surface area (Å²) < 4.78 is 72.0. The van der Waals surface area contributed by atoms with Crippen LogP contribution in [0.5, 0.6) is 11.5 Å². The fourth-order valence-electron chi connectivity index (χ4n) is 3.05. The lowest BCUT2D eigenvalue weighted by atomic mass is 10.1. The summed E-state index contributed by atoms with van der Waals surface area (Å²) in [6.45, 7) is 0.250. The monoisotopic (exact) mass is 442 g/mol. The van der Waals surface area contributed by atoms with Crippen molar-refractivity contribution >= 4 is 27.4 Å². The second kappa shape index (κ2) is 7.00. The van der Waals surface area contributed by atoms with Gasteiger partial charge in [-0.15, -0.1) is 0 Å². The first-order chi connectivity index (χ1) is 13.6. The number of nitrogens with one attached hydrogen (secondary N) is 1. The van der Waals surface area contributed by atoms with Crippen LogP contribution in [0.4, 0.5) is 19.0 Å². The summed E-state index contributed by atoms with van der Waals surface area (Å²) in [6, 6.07) is 12.8. The number of benzene rings is 2. The molecule has 0 spiro atoms. The van der Waals surface area contributed by atoms with Crippen LogP contribution in [-0.4, -0.2) is 18.7 Å². The van der Waals surface area contributed by atoms with Gasteiger partial charge in [-0.25, -0.2) is 8.42 Å². The number of anilines is 1. The number of alkyl halides is 3. The lowest BCUT2D eigenvalue weighted by Gasteiger charge is -2.19. The molecule has 1 aromatic heterocycles. The van der Waals surface area contributed by atoms with Gasteiger partial charge < -0.3 is 9.30 Å². The number of nitrogens with zero attached hydrogens (tertiary/aromatic N) is 1. The molecule has 0 saturated carbocycles. The predicted molar refractivity (Wildman–Crippen MR) is 104 cm³/mol. The molecule has 0 unspecified atom stereocenters. The van der Waals surface area contributed by atoms with E-state index >= 15 is 0 Å². The maximum absolute atomic E-state index is 12.8. The lowest BCUT2D eigenvalue weighted by molar-refractivity contribution is -0.137. The summed E-state index contributed by atoms with van der Waals surface area (Å²) in [5.41, 5.74) is 0.486. The van der Waals surface area contributed by atoms with E-state index in [-0.39, 0.29) is 18.0 Å². The summed E-state index contributed by atoms with van der Waals surface area (Å²) in [5, 5.41) is 0.404. The van der Waals surface area contributed by atoms with Gasteiger partial charge in [0.1, 0.15) is 22.5 Å². The van der Waals surface area contributed by atoms with E-state index in [0.717, 1.165) is 12.1 Å². The van der Waals surface area contributed by atoms with E-state index in [1.165, 1.54) is 12.1 Å². The molecular weight excluding hydrogens is 429 g/mol. The zero-order valence-electron chi connectivity index (χ0n) is 14.7. The Morgan fingerprint density at radius 3 is 2.45 bits per heavy atom. The van der Waals surface area contributed by atoms with Gasteiger partial charge >= 0.3 is 6.18 Å². The summed E-state index contributed by atoms with van der Waals surface area (Å²) in [6.07, 6.45) is -4.45. The van der Waals surface area contributed by atoms with Gasteiger partial charge in [0.25, 0.3) is 0 Å². The summed E-state index contributed by atoms with van der Waals surface area (Å²) in [4.78, 5) is 0. The molecule has 0 fully saturated rings. The van der Waals surface area contributed by atoms with Crippen LogP contribution < -0.4 is 9.46 Å². The quantitative estimate of drug-likeness (QED) is 0.592. The van der Waals surface area contributed by atoms with Crippen molar-refractivity contribution in [2.24, 2.45) is 0 Å². The van der Waals surface area contributed by atoms with E-state index in [4.69, 9.17) is 16.3 Å². The highest BCUT2D eigenvalue weighted by atomic mass is 35.5. The standard InChI is InChI=1S/C19H14ClF3N2O3S/c20-17-11-16(18-24-29(26,27)9-8-25(17)18)12-4-6-14(7-5-12)28-15-3-1-2-13(10-15)19(21,22)23/h1-7,10-11,24H,8-9H2. The first-order valence-corrected chi connectivity index (χ1v) is 10.5. The van der Waals surface area contributed by atoms with Gasteiger partial charge in [0.05, 0.1) is 11.3 Å². The summed E-state index contributed by atoms with van der Waals surface area (Å²) in [5.74, 6) is 0.725. The Balaban J connectivity index is 1.60. The second-order valence-corrected chi connectivity index (χ2v) is 8.68. The average Bonchev–Trinajstić information content (AvgIpc) is 2.96. The minimum atomic E-state index is -4.45. The van der Waals surface area contributed by atoms with Crippen LogP contribution in [-0.2, 0) is 22.7 Å². The molecule has 4 rings (SSSR count). The van der Waals surface area contributed by atoms with Crippen LogP contribution in [0.2, 0.25) is 5.15 Å². The highest BCUT2D eigenvalue weighted by Gasteiger charge is 2.30. The Labute approximate surface area is 169 Å². The van der Waals surface area contributed by atoms with Crippen molar-refractivity contribution in [2.45, 2.75) is 12.7 Å². The SMILES string of the molecule is O=S1(=O)CCn2c(Cl)cc(-c3ccc(Oc4cccc(C(F)(F)F)c4)cc3)c2N1. The van der Waals surface area contributed by atoms with Gasteiger partial charge in [0.2, 0.25) is 10.0 Å². The Morgan fingerprint density at radius 2 is 1.76 bits per heavy atom. The van der Waals surface area contributed by atoms with Crippen molar-refractivity contribution in [3.8, 4) is 22.6 Å². The Morgan fingerprint density at radius 1 is 1.03 bits per heavy atom. The summed E-state index contributed by atoms with van der Waals surface area (Å²) >= 11 is 6.21. The van der Waals surface area contributed by atoms with Crippen molar-refractivity contribution in [1.82, 2.24) is 4.57 Å². The zero-order valence-corrected chi connectivity index (χ0v) is 16.3. The molecule has 0 bridgehead atoms. The molecule has 0 radical (unpaired) electrons. The molecule has 152 valence electrons. The first kappa shape index (κ1) is 19.7. The number of aromatic nitrogens is 1. The maximum atomic E-state index is 12.8. The van der Waals surface area contributed by atoms with E-state index in [2.05, 4.69) is 4.72 Å². The van der Waals surface area contributed by atoms with Gasteiger partial charge in [-0.3, -0.25) is 4.72 Å². The van der Waals surface area contributed by atoms with Crippen LogP contribution in [0, 0.1) is 0 Å². The minimum Gasteiger partial charge on any atom is -0.457 e. The van der Waals surface area contributed by atoms with Crippen LogP contribution in [0.15, 0.2) is 54.6 Å². The van der Waals surface area contributed by atoms with Crippen molar-refractivity contribution in [3.63, 3.8) is 0 Å². The number of fused-ring (bicyclic) bond motifs is 1. The molecule has 0 saturated heterocycles. The van der Waals surface area contributed by atoms with Gasteiger partial charge in [-0.05, 0) is 42.0 Å². The van der Waals surface area contributed by atoms with Crippen molar-refractivity contribution in [2.75, 3.05) is 10.5 Å². The maximum Gasteiger partial charge on any atom is 0.416 e. The topological polar surface area (TPSA) is 60.3 Å². The van der Waals surface area contributed by atoms with Crippen molar-refractivity contribution in [3.05, 3.63) is 65.3 Å². The van der Waals surface area contributed by atoms with E-state index in [1.807, 2.05) is 0 Å². The van der Waals surface area contributed by atoms with Crippen LogP contribution in [0.1, 0.15) is 5.56 Å². The van der Waals surface area contributed by atoms with E-state index < -0.39 is 21.8 Å². The molecule has 2 aromatic carbocycles. The molecule has 3 aromatic rings. The van der Waals surface area contributed by atoms with Crippen LogP contribution in [0.3, 0.4) is 0 Å². The molecule has 2 heterocycles. The van der Waals surface area contributed by atoms with E-state index in [9.17, 15) is 21.6 Å². The molecule has 29 heavy (non-hydrogen) atoms. The number of ether oxygens (including phenoxy) is 1. The highest BCUT2D eigenvalue weighted by Crippen LogP contribution is 2.38. The molecule has 1 aliphatic rings. The lowest BCUT2D eigenvalue weighted by Crippen LogP contribution is -2.27. The van der Waals surface area contributed by atoms with Crippen LogP contribution in [0.25, 0.3) is 11.1 Å². The van der Waals surface area contributed by atoms with Crippen molar-refractivity contribution in [1.29, 1.82) is 0 Å². The second-order valence-electron chi connectivity index (χ2n) is 6.45. The van der Waals surface area contributed by atoms with Gasteiger partial charge in [0, 0.05) is 12.1 Å². The van der Waals surface area contributed by atoms with Gasteiger partial charge in [0.15, 0.2) is 0 Å². The van der Waals surface area contributed by atoms with E-state index in [0.29, 0.717) is 27.8 Å². The number of halogens is 4. The van der Waals surface area contributed by atoms with Gasteiger partial charge in [-0.2, -0.15) is 13.2 Å². The molecule has 1 N–H and O–H groups in total. The minimum absolute atomic E-state index is 0.0579. The first-order valence-electron chi connectivity index (χ1n) is 8.47. The number of hydrogen-bond acceptors (Lipinski definition) is 3. The third-order valence-corrected chi connectivity index (χ3v) is 5.98. The largest absolute Gasteiger partial charge is 0.457 e. The smallest absolute Gasteiger partial charge is 0.416 e. The molecule has 0 aliphatic carbocycles. The van der Waals surface area contributed by atoms with Crippen LogP contribution >= 0.6 is 11.6 Å². The number of hydrogen-bond donors (Lipinski definition) is 1. The number of rotatable bonds is 3. The predicted octanol–water partition coefficient (Wildman–Crippen LogP) is 5.37. The summed E-state index contributed by atoms with van der Waals surface area (Å²) in [7, 11) is -3.42. The Kier molecular flexibility index (Phi) is 4.74. The zero-order chi connectivity index (χ0) is 20.8. The molecule has 5 nitrogen and oxygen atoms in total. The fourth-order valence-corrected chi connectivity index (χ4v) is 4.37. The average molecular weight is 443 g/mol. The third kappa shape index (κ3) is 4.06. The normalized spacial score (nSPS) is 15.4. The fraction of sp³-hybridized carbons (Fsp3) is 0.158. The van der Waals surface area contributed by atoms with E-state index in [1.54, 1.807) is 34.9 Å². The molecule has 0 amide bonds. The molecular formula is C19H14ClF3N2O3S. The third-order valence-electron chi connectivity index (χ3n) is 4.44. The molecule has 0 atom stereocenters. The molecule has 1 aliphatic heterocycles. The van der Waals surface area contributed by atoms with Crippen molar-refractivity contribution < 1.29 is 26.3 Å².